The van der Waals surface area contributed by atoms with Gasteiger partial charge < -0.3 is 4.74 Å². The van der Waals surface area contributed by atoms with Gasteiger partial charge in [-0.05, 0) is 24.6 Å². The summed E-state index contributed by atoms with van der Waals surface area (Å²) in [6.07, 6.45) is -3.11. The van der Waals surface area contributed by atoms with Crippen molar-refractivity contribution >= 4 is 0 Å². The number of nitriles is 1. The van der Waals surface area contributed by atoms with Crippen LogP contribution in [0.5, 0.6) is 5.88 Å². The summed E-state index contributed by atoms with van der Waals surface area (Å²) < 4.78 is 43.2. The minimum atomic E-state index is -4.39. The number of aryl methyl sites for hydroxylation is 1. The highest BCUT2D eigenvalue weighted by Gasteiger charge is 2.33. The standard InChI is InChI=1S/C15H10F3N3O/c1-8-12-13(10(6-19)7-22-14(12)21-20-8)9-2-4-11(5-3-9)15(16,17)18/h2-5,7,13H,1H3,(H,20,21)/t13-/m1/s1. The first-order chi connectivity index (χ1) is 10.4. The number of halogens is 3. The first-order valence-corrected chi connectivity index (χ1v) is 6.40. The summed E-state index contributed by atoms with van der Waals surface area (Å²) in [5, 5.41) is 16.0. The van der Waals surface area contributed by atoms with Gasteiger partial charge in [-0.1, -0.05) is 12.1 Å². The fourth-order valence-corrected chi connectivity index (χ4v) is 2.49. The van der Waals surface area contributed by atoms with Crippen molar-refractivity contribution in [3.63, 3.8) is 0 Å². The van der Waals surface area contributed by atoms with Crippen molar-refractivity contribution in [1.29, 1.82) is 5.26 Å². The number of nitrogens with zero attached hydrogens (tertiary/aromatic N) is 2. The molecule has 1 aliphatic heterocycles. The van der Waals surface area contributed by atoms with Crippen LogP contribution in [0, 0.1) is 18.3 Å². The highest BCUT2D eigenvalue weighted by atomic mass is 19.4. The minimum Gasteiger partial charge on any atom is -0.444 e. The molecule has 0 fully saturated rings. The van der Waals surface area contributed by atoms with Gasteiger partial charge in [0, 0.05) is 11.3 Å². The predicted molar refractivity (Wildman–Crippen MR) is 70.9 cm³/mol. The van der Waals surface area contributed by atoms with Crippen LogP contribution < -0.4 is 4.74 Å². The van der Waals surface area contributed by atoms with E-state index in [9.17, 15) is 18.4 Å². The Morgan fingerprint density at radius 3 is 2.55 bits per heavy atom. The van der Waals surface area contributed by atoms with E-state index < -0.39 is 17.7 Å². The summed E-state index contributed by atoms with van der Waals surface area (Å²) in [5.74, 6) is -0.156. The van der Waals surface area contributed by atoms with Gasteiger partial charge in [-0.3, -0.25) is 5.10 Å². The highest BCUT2D eigenvalue weighted by Crippen LogP contribution is 2.41. The fraction of sp³-hybridized carbons (Fsp3) is 0.200. The van der Waals surface area contributed by atoms with E-state index in [1.165, 1.54) is 18.4 Å². The Labute approximate surface area is 123 Å². The number of hydrogen-bond acceptors (Lipinski definition) is 3. The van der Waals surface area contributed by atoms with Crippen LogP contribution >= 0.6 is 0 Å². The van der Waals surface area contributed by atoms with Crippen molar-refractivity contribution in [3.05, 3.63) is 58.5 Å². The van der Waals surface area contributed by atoms with Crippen LogP contribution in [-0.4, -0.2) is 10.2 Å². The molecule has 0 spiro atoms. The van der Waals surface area contributed by atoms with E-state index >= 15 is 0 Å². The van der Waals surface area contributed by atoms with Gasteiger partial charge in [-0.15, -0.1) is 5.10 Å². The quantitative estimate of drug-likeness (QED) is 0.874. The average molecular weight is 305 g/mol. The molecule has 0 unspecified atom stereocenters. The molecule has 1 N–H and O–H groups in total. The number of nitrogens with one attached hydrogen (secondary N) is 1. The van der Waals surface area contributed by atoms with E-state index in [0.717, 1.165) is 12.1 Å². The monoisotopic (exact) mass is 305 g/mol. The molecular weight excluding hydrogens is 295 g/mol. The maximum atomic E-state index is 12.7. The number of fused-ring (bicyclic) bond motifs is 1. The van der Waals surface area contributed by atoms with Gasteiger partial charge >= 0.3 is 6.18 Å². The Bertz CT molecular complexity index is 782. The Morgan fingerprint density at radius 1 is 1.27 bits per heavy atom. The summed E-state index contributed by atoms with van der Waals surface area (Å²) in [6.45, 7) is 1.77. The van der Waals surface area contributed by atoms with Crippen LogP contribution in [0.15, 0.2) is 36.1 Å². The first kappa shape index (κ1) is 14.2. The van der Waals surface area contributed by atoms with Crippen molar-refractivity contribution in [3.8, 4) is 11.9 Å². The lowest BCUT2D eigenvalue weighted by atomic mass is 9.84. The van der Waals surface area contributed by atoms with Gasteiger partial charge in [0.15, 0.2) is 0 Å². The van der Waals surface area contributed by atoms with Crippen molar-refractivity contribution < 1.29 is 17.9 Å². The highest BCUT2D eigenvalue weighted by molar-refractivity contribution is 5.53. The summed E-state index contributed by atoms with van der Waals surface area (Å²) in [6, 6.07) is 6.80. The number of ether oxygens (including phenoxy) is 1. The molecule has 0 saturated carbocycles. The number of benzene rings is 1. The maximum absolute atomic E-state index is 12.7. The van der Waals surface area contributed by atoms with E-state index in [4.69, 9.17) is 4.74 Å². The predicted octanol–water partition coefficient (Wildman–Crippen LogP) is 3.67. The van der Waals surface area contributed by atoms with Crippen LogP contribution in [0.4, 0.5) is 13.2 Å². The molecule has 1 aromatic carbocycles. The molecule has 22 heavy (non-hydrogen) atoms. The molecule has 0 bridgehead atoms. The third-order valence-electron chi connectivity index (χ3n) is 3.56. The Morgan fingerprint density at radius 2 is 1.95 bits per heavy atom. The van der Waals surface area contributed by atoms with Gasteiger partial charge in [-0.25, -0.2) is 0 Å². The zero-order valence-corrected chi connectivity index (χ0v) is 11.4. The van der Waals surface area contributed by atoms with Crippen molar-refractivity contribution in [2.24, 2.45) is 0 Å². The molecule has 4 nitrogen and oxygen atoms in total. The minimum absolute atomic E-state index is 0.316. The summed E-state index contributed by atoms with van der Waals surface area (Å²) >= 11 is 0. The van der Waals surface area contributed by atoms with Crippen LogP contribution in [0.25, 0.3) is 0 Å². The molecule has 3 rings (SSSR count). The number of rotatable bonds is 1. The van der Waals surface area contributed by atoms with E-state index in [-0.39, 0.29) is 0 Å². The van der Waals surface area contributed by atoms with E-state index in [0.29, 0.717) is 28.3 Å². The number of H-pyrrole nitrogens is 1. The third-order valence-corrected chi connectivity index (χ3v) is 3.56. The van der Waals surface area contributed by atoms with Crippen molar-refractivity contribution in [2.45, 2.75) is 19.0 Å². The molecule has 0 radical (unpaired) electrons. The maximum Gasteiger partial charge on any atom is 0.416 e. The largest absolute Gasteiger partial charge is 0.444 e. The Hall–Kier alpha value is -2.75. The fourth-order valence-electron chi connectivity index (χ4n) is 2.49. The number of hydrogen-bond donors (Lipinski definition) is 1. The molecule has 1 aromatic heterocycles. The summed E-state index contributed by atoms with van der Waals surface area (Å²) in [7, 11) is 0. The van der Waals surface area contributed by atoms with E-state index in [1.807, 2.05) is 6.07 Å². The summed E-state index contributed by atoms with van der Waals surface area (Å²) in [5.41, 5.74) is 1.54. The average Bonchev–Trinajstić information content (AvgIpc) is 2.87. The number of aromatic amines is 1. The second kappa shape index (κ2) is 4.91. The second-order valence-corrected chi connectivity index (χ2v) is 4.92. The number of alkyl halides is 3. The second-order valence-electron chi connectivity index (χ2n) is 4.92. The van der Waals surface area contributed by atoms with Crippen molar-refractivity contribution in [2.75, 3.05) is 0 Å². The van der Waals surface area contributed by atoms with Crippen LogP contribution in [0.2, 0.25) is 0 Å². The van der Waals surface area contributed by atoms with Gasteiger partial charge in [0.1, 0.15) is 6.26 Å². The molecule has 1 atom stereocenters. The molecule has 7 heteroatoms. The van der Waals surface area contributed by atoms with Crippen LogP contribution in [0.1, 0.15) is 28.3 Å². The van der Waals surface area contributed by atoms with Crippen molar-refractivity contribution in [1.82, 2.24) is 10.2 Å². The molecule has 0 amide bonds. The third kappa shape index (κ3) is 2.22. The summed E-state index contributed by atoms with van der Waals surface area (Å²) in [4.78, 5) is 0. The molecule has 2 heterocycles. The molecular formula is C15H10F3N3O. The molecule has 0 aliphatic carbocycles. The van der Waals surface area contributed by atoms with E-state index in [1.54, 1.807) is 6.92 Å². The molecule has 112 valence electrons. The van der Waals surface area contributed by atoms with Gasteiger partial charge in [0.2, 0.25) is 5.88 Å². The number of aromatic nitrogens is 2. The SMILES string of the molecule is Cc1[nH]nc2c1[C@H](c1ccc(C(F)(F)F)cc1)C(C#N)=CO2. The first-order valence-electron chi connectivity index (χ1n) is 6.40. The molecule has 0 saturated heterocycles. The Kier molecular flexibility index (Phi) is 3.17. The van der Waals surface area contributed by atoms with Crippen LogP contribution in [-0.2, 0) is 6.18 Å². The number of allylic oxidation sites excluding steroid dienone is 1. The lowest BCUT2D eigenvalue weighted by Gasteiger charge is -2.21. The zero-order chi connectivity index (χ0) is 15.9. The van der Waals surface area contributed by atoms with E-state index in [2.05, 4.69) is 10.2 Å². The normalized spacial score (nSPS) is 17.2. The van der Waals surface area contributed by atoms with Gasteiger partial charge in [0.05, 0.1) is 23.1 Å². The van der Waals surface area contributed by atoms with Gasteiger partial charge in [-0.2, -0.15) is 18.4 Å². The zero-order valence-electron chi connectivity index (χ0n) is 11.4. The lowest BCUT2D eigenvalue weighted by Crippen LogP contribution is -2.12. The smallest absolute Gasteiger partial charge is 0.416 e. The van der Waals surface area contributed by atoms with Gasteiger partial charge in [0.25, 0.3) is 0 Å². The topological polar surface area (TPSA) is 61.7 Å². The lowest BCUT2D eigenvalue weighted by molar-refractivity contribution is -0.137. The molecule has 2 aromatic rings. The Balaban J connectivity index is 2.08. The van der Waals surface area contributed by atoms with Crippen LogP contribution in [0.3, 0.4) is 0 Å². The molecule has 1 aliphatic rings.